The number of hydrogen-bond donors (Lipinski definition) is 0. The van der Waals surface area contributed by atoms with Crippen LogP contribution in [0, 0.1) is 11.8 Å². The van der Waals surface area contributed by atoms with E-state index < -0.39 is 23.8 Å². The molecule has 2 unspecified atom stereocenters. The van der Waals surface area contributed by atoms with Gasteiger partial charge in [0.25, 0.3) is 0 Å². The molecule has 0 N–H and O–H groups in total. The minimum atomic E-state index is -5.21. The van der Waals surface area contributed by atoms with E-state index in [1.54, 1.807) is 5.38 Å². The highest BCUT2D eigenvalue weighted by Crippen LogP contribution is 2.29. The molecule has 0 amide bonds. The molecule has 32 heavy (non-hydrogen) atoms. The van der Waals surface area contributed by atoms with Gasteiger partial charge >= 0.3 is 12.1 Å². The molecule has 0 bridgehead atoms. The Labute approximate surface area is 188 Å². The number of aromatic nitrogens is 1. The summed E-state index contributed by atoms with van der Waals surface area (Å²) in [7, 11) is 2.38. The molecule has 10 heteroatoms. The standard InChI is InChI=1S/C22H24F3NO5S/c1-12-7-6-8-15(9-12)20-26-16(11-32-20)18(27)13(2)10-17(30-5)19(14(3)29-4)31-21(28)22(23,24)25/h6,8-13H,7H2,1-5H3/b17-10+,19-14-. The van der Waals surface area contributed by atoms with Gasteiger partial charge in [0.15, 0.2) is 11.5 Å². The number of carbonyl (C=O) groups excluding carboxylic acids is 2. The predicted molar refractivity (Wildman–Crippen MR) is 113 cm³/mol. The van der Waals surface area contributed by atoms with Crippen molar-refractivity contribution in [2.24, 2.45) is 11.8 Å². The summed E-state index contributed by atoms with van der Waals surface area (Å²) in [5.41, 5.74) is 1.16. The van der Waals surface area contributed by atoms with E-state index >= 15 is 0 Å². The molecule has 0 aromatic carbocycles. The Bertz CT molecular complexity index is 988. The van der Waals surface area contributed by atoms with Gasteiger partial charge in [-0.3, -0.25) is 4.79 Å². The van der Waals surface area contributed by atoms with Crippen LogP contribution in [-0.4, -0.2) is 37.1 Å². The molecule has 2 atom stereocenters. The van der Waals surface area contributed by atoms with Crippen LogP contribution in [-0.2, 0) is 19.0 Å². The number of hydrogen-bond acceptors (Lipinski definition) is 7. The SMILES string of the molecule is CO/C(C)=C(OC(=O)C(F)(F)F)/C(=C\C(C)C(=O)c1csc(C2=CC(C)CC=C2)n1)OC. The minimum Gasteiger partial charge on any atom is -0.497 e. The van der Waals surface area contributed by atoms with Crippen molar-refractivity contribution >= 4 is 28.7 Å². The first-order valence-corrected chi connectivity index (χ1v) is 10.5. The maximum Gasteiger partial charge on any atom is 0.491 e. The number of halogens is 3. The van der Waals surface area contributed by atoms with Crippen LogP contribution in [0.2, 0.25) is 0 Å². The van der Waals surface area contributed by atoms with Crippen molar-refractivity contribution < 1.29 is 37.0 Å². The summed E-state index contributed by atoms with van der Waals surface area (Å²) in [5.74, 6) is -4.20. The summed E-state index contributed by atoms with van der Waals surface area (Å²) in [6.45, 7) is 4.92. The average Bonchev–Trinajstić information content (AvgIpc) is 3.24. The molecule has 6 nitrogen and oxygen atoms in total. The van der Waals surface area contributed by atoms with Gasteiger partial charge in [-0.25, -0.2) is 9.78 Å². The van der Waals surface area contributed by atoms with Crippen LogP contribution in [0.4, 0.5) is 13.2 Å². The quantitative estimate of drug-likeness (QED) is 0.217. The van der Waals surface area contributed by atoms with E-state index in [9.17, 15) is 22.8 Å². The Morgan fingerprint density at radius 1 is 1.28 bits per heavy atom. The molecule has 2 rings (SSSR count). The van der Waals surface area contributed by atoms with Gasteiger partial charge < -0.3 is 14.2 Å². The van der Waals surface area contributed by atoms with E-state index in [4.69, 9.17) is 9.47 Å². The first-order valence-electron chi connectivity index (χ1n) is 9.66. The smallest absolute Gasteiger partial charge is 0.491 e. The Kier molecular flexibility index (Phi) is 8.43. The van der Waals surface area contributed by atoms with E-state index in [1.165, 1.54) is 45.5 Å². The molecule has 0 fully saturated rings. The molecule has 0 radical (unpaired) electrons. The van der Waals surface area contributed by atoms with Crippen molar-refractivity contribution in [1.29, 1.82) is 0 Å². The van der Waals surface area contributed by atoms with Gasteiger partial charge in [-0.05, 0) is 25.3 Å². The summed E-state index contributed by atoms with van der Waals surface area (Å²) in [6, 6.07) is 0. The first kappa shape index (κ1) is 25.4. The summed E-state index contributed by atoms with van der Waals surface area (Å²) in [5, 5.41) is 2.33. The van der Waals surface area contributed by atoms with Gasteiger partial charge in [-0.15, -0.1) is 11.3 Å². The van der Waals surface area contributed by atoms with E-state index in [1.807, 2.05) is 12.2 Å². The number of methoxy groups -OCH3 is 2. The molecule has 1 aromatic rings. The number of ketones is 1. The van der Waals surface area contributed by atoms with Gasteiger partial charge in [-0.2, -0.15) is 13.2 Å². The Morgan fingerprint density at radius 2 is 1.97 bits per heavy atom. The number of alkyl halides is 3. The molecule has 1 aliphatic rings. The maximum absolute atomic E-state index is 12.9. The zero-order chi connectivity index (χ0) is 24.1. The summed E-state index contributed by atoms with van der Waals surface area (Å²) in [4.78, 5) is 28.6. The number of Topliss-reactive ketones (excluding diaryl/α,β-unsaturated/α-hetero) is 1. The van der Waals surface area contributed by atoms with Gasteiger partial charge in [0.05, 0.1) is 14.2 Å². The third-order valence-electron chi connectivity index (χ3n) is 4.58. The van der Waals surface area contributed by atoms with Crippen LogP contribution in [0.1, 0.15) is 42.7 Å². The van der Waals surface area contributed by atoms with Gasteiger partial charge in [0.2, 0.25) is 5.76 Å². The minimum absolute atomic E-state index is 0.128. The number of allylic oxidation sites excluding steroid dienone is 6. The van der Waals surface area contributed by atoms with Crippen LogP contribution in [0.25, 0.3) is 5.57 Å². The lowest BCUT2D eigenvalue weighted by Gasteiger charge is -2.16. The number of ether oxygens (including phenoxy) is 3. The number of thiazole rings is 1. The van der Waals surface area contributed by atoms with Gasteiger partial charge in [-0.1, -0.05) is 32.1 Å². The molecule has 174 valence electrons. The third kappa shape index (κ3) is 6.32. The highest BCUT2D eigenvalue weighted by atomic mass is 32.1. The second-order valence-corrected chi connectivity index (χ2v) is 8.00. The molecule has 0 spiro atoms. The molecule has 0 saturated carbocycles. The number of nitrogens with zero attached hydrogens (tertiary/aromatic N) is 1. The number of carbonyl (C=O) groups is 2. The zero-order valence-corrected chi connectivity index (χ0v) is 19.1. The largest absolute Gasteiger partial charge is 0.497 e. The van der Waals surface area contributed by atoms with Crippen LogP contribution >= 0.6 is 11.3 Å². The Morgan fingerprint density at radius 3 is 2.53 bits per heavy atom. The van der Waals surface area contributed by atoms with Crippen molar-refractivity contribution in [1.82, 2.24) is 4.98 Å². The second-order valence-electron chi connectivity index (χ2n) is 7.14. The van der Waals surface area contributed by atoms with Crippen LogP contribution in [0.15, 0.2) is 47.0 Å². The van der Waals surface area contributed by atoms with Crippen molar-refractivity contribution in [3.05, 3.63) is 57.7 Å². The topological polar surface area (TPSA) is 74.7 Å². The first-order chi connectivity index (χ1) is 15.0. The highest BCUT2D eigenvalue weighted by molar-refractivity contribution is 7.11. The van der Waals surface area contributed by atoms with Crippen LogP contribution in [0.3, 0.4) is 0 Å². The van der Waals surface area contributed by atoms with Crippen molar-refractivity contribution in [3.63, 3.8) is 0 Å². The average molecular weight is 471 g/mol. The maximum atomic E-state index is 12.9. The van der Waals surface area contributed by atoms with E-state index in [-0.39, 0.29) is 23.0 Å². The van der Waals surface area contributed by atoms with Gasteiger partial charge in [0.1, 0.15) is 16.5 Å². The van der Waals surface area contributed by atoms with E-state index in [0.717, 1.165) is 12.0 Å². The lowest BCUT2D eigenvalue weighted by atomic mass is 9.98. The van der Waals surface area contributed by atoms with Crippen LogP contribution < -0.4 is 0 Å². The molecular weight excluding hydrogens is 447 g/mol. The highest BCUT2D eigenvalue weighted by Gasteiger charge is 2.42. The van der Waals surface area contributed by atoms with Crippen molar-refractivity contribution in [2.75, 3.05) is 14.2 Å². The Balaban J connectivity index is 2.29. The monoisotopic (exact) mass is 471 g/mol. The summed E-state index contributed by atoms with van der Waals surface area (Å²) >= 11 is 1.33. The zero-order valence-electron chi connectivity index (χ0n) is 18.3. The fourth-order valence-electron chi connectivity index (χ4n) is 2.81. The lowest BCUT2D eigenvalue weighted by molar-refractivity contribution is -0.195. The van der Waals surface area contributed by atoms with Crippen molar-refractivity contribution in [3.8, 4) is 0 Å². The third-order valence-corrected chi connectivity index (χ3v) is 5.48. The molecule has 0 aliphatic heterocycles. The predicted octanol–water partition coefficient (Wildman–Crippen LogP) is 5.46. The molecule has 1 aliphatic carbocycles. The fraction of sp³-hybridized carbons (Fsp3) is 0.409. The molecule has 1 aromatic heterocycles. The summed E-state index contributed by atoms with van der Waals surface area (Å²) in [6.07, 6.45) is 3.07. The Hall–Kier alpha value is -2.88. The summed E-state index contributed by atoms with van der Waals surface area (Å²) < 4.78 is 52.5. The normalized spacial score (nSPS) is 18.4. The van der Waals surface area contributed by atoms with Crippen molar-refractivity contribution in [2.45, 2.75) is 33.4 Å². The van der Waals surface area contributed by atoms with Crippen LogP contribution in [0.5, 0.6) is 0 Å². The number of rotatable bonds is 8. The molecule has 0 saturated heterocycles. The fourth-order valence-corrected chi connectivity index (χ4v) is 3.63. The molecular formula is C22H24F3NO5S. The molecule has 1 heterocycles. The lowest BCUT2D eigenvalue weighted by Crippen LogP contribution is -2.26. The van der Waals surface area contributed by atoms with E-state index in [2.05, 4.69) is 22.7 Å². The van der Waals surface area contributed by atoms with Gasteiger partial charge in [0, 0.05) is 16.9 Å². The van der Waals surface area contributed by atoms with E-state index in [0.29, 0.717) is 10.9 Å². The second kappa shape index (κ2) is 10.6. The number of esters is 1.